The van der Waals surface area contributed by atoms with Gasteiger partial charge in [-0.15, -0.1) is 0 Å². The van der Waals surface area contributed by atoms with Crippen LogP contribution in [-0.2, 0) is 0 Å². The van der Waals surface area contributed by atoms with Crippen molar-refractivity contribution in [3.63, 3.8) is 0 Å². The van der Waals surface area contributed by atoms with Gasteiger partial charge >= 0.3 is 0 Å². The Hall–Kier alpha value is -5.76. The minimum absolute atomic E-state index is 0.281. The third-order valence-corrected chi connectivity index (χ3v) is 6.37. The van der Waals surface area contributed by atoms with Gasteiger partial charge in [-0.05, 0) is 72.8 Å². The molecule has 0 aliphatic carbocycles. The first-order chi connectivity index (χ1) is 21.7. The van der Waals surface area contributed by atoms with Gasteiger partial charge in [0.15, 0.2) is 0 Å². The molecule has 5 aromatic carbocycles. The Labute approximate surface area is 256 Å². The monoisotopic (exact) mass is 588 g/mol. The van der Waals surface area contributed by atoms with E-state index in [1.54, 1.807) is 60.7 Å². The maximum absolute atomic E-state index is 13.0. The topological polar surface area (TPSA) is 95.1 Å². The quantitative estimate of drug-likeness (QED) is 0.134. The Kier molecular flexibility index (Phi) is 10.4. The molecule has 5 aromatic rings. The summed E-state index contributed by atoms with van der Waals surface area (Å²) in [6.07, 6.45) is 0. The van der Waals surface area contributed by atoms with Crippen molar-refractivity contribution in [3.05, 3.63) is 145 Å². The second-order valence-corrected chi connectivity index (χ2v) is 9.50. The average molecular weight is 589 g/mol. The smallest absolute Gasteiger partial charge is 0.259 e. The van der Waals surface area contributed by atoms with Gasteiger partial charge in [-0.1, -0.05) is 60.7 Å². The normalized spacial score (nSPS) is 10.4. The molecule has 2 amide bonds. The number of hydrogen-bond donors (Lipinski definition) is 2. The van der Waals surface area contributed by atoms with E-state index in [0.717, 1.165) is 11.5 Å². The van der Waals surface area contributed by atoms with Crippen molar-refractivity contribution < 1.29 is 28.5 Å². The van der Waals surface area contributed by atoms with E-state index < -0.39 is 0 Å². The Morgan fingerprint density at radius 1 is 0.409 bits per heavy atom. The zero-order chi connectivity index (χ0) is 30.4. The van der Waals surface area contributed by atoms with Gasteiger partial charge in [0, 0.05) is 11.4 Å². The van der Waals surface area contributed by atoms with Crippen molar-refractivity contribution in [2.24, 2.45) is 0 Å². The summed E-state index contributed by atoms with van der Waals surface area (Å²) in [5.41, 5.74) is 1.93. The van der Waals surface area contributed by atoms with Crippen LogP contribution in [0.5, 0.6) is 23.0 Å². The summed E-state index contributed by atoms with van der Waals surface area (Å²) >= 11 is 0. The fraction of sp³-hybridized carbons (Fsp3) is 0.111. The highest BCUT2D eigenvalue weighted by Gasteiger charge is 2.15. The second-order valence-electron chi connectivity index (χ2n) is 9.50. The van der Waals surface area contributed by atoms with Crippen molar-refractivity contribution >= 4 is 23.2 Å². The second kappa shape index (κ2) is 15.5. The predicted octanol–water partition coefficient (Wildman–Crippen LogP) is 7.11. The Bertz CT molecular complexity index is 1520. The molecule has 0 aromatic heterocycles. The van der Waals surface area contributed by atoms with Gasteiger partial charge < -0.3 is 29.6 Å². The highest BCUT2D eigenvalue weighted by Crippen LogP contribution is 2.23. The number of carbonyl (C=O) groups is 2. The van der Waals surface area contributed by atoms with E-state index in [9.17, 15) is 9.59 Å². The lowest BCUT2D eigenvalue weighted by Crippen LogP contribution is -2.16. The van der Waals surface area contributed by atoms with E-state index in [0.29, 0.717) is 47.2 Å². The fourth-order valence-electron chi connectivity index (χ4n) is 4.25. The molecule has 0 atom stereocenters. The van der Waals surface area contributed by atoms with Crippen molar-refractivity contribution in [2.75, 3.05) is 37.1 Å². The van der Waals surface area contributed by atoms with Crippen molar-refractivity contribution in [1.29, 1.82) is 0 Å². The molecule has 8 heteroatoms. The van der Waals surface area contributed by atoms with Crippen LogP contribution in [0, 0.1) is 0 Å². The molecule has 8 nitrogen and oxygen atoms in total. The molecule has 0 spiro atoms. The molecule has 0 saturated carbocycles. The summed E-state index contributed by atoms with van der Waals surface area (Å²) in [7, 11) is 0. The van der Waals surface area contributed by atoms with Gasteiger partial charge in [0.05, 0.1) is 11.1 Å². The van der Waals surface area contributed by atoms with Gasteiger partial charge in [0.2, 0.25) is 0 Å². The van der Waals surface area contributed by atoms with Gasteiger partial charge in [0.25, 0.3) is 11.8 Å². The Balaban J connectivity index is 1.12. The third kappa shape index (κ3) is 8.62. The molecule has 0 heterocycles. The van der Waals surface area contributed by atoms with Crippen LogP contribution >= 0.6 is 0 Å². The van der Waals surface area contributed by atoms with E-state index >= 15 is 0 Å². The van der Waals surface area contributed by atoms with E-state index in [4.69, 9.17) is 18.9 Å². The van der Waals surface area contributed by atoms with Crippen LogP contribution in [-0.4, -0.2) is 38.2 Å². The van der Waals surface area contributed by atoms with Crippen LogP contribution in [0.2, 0.25) is 0 Å². The zero-order valence-corrected chi connectivity index (χ0v) is 24.0. The molecule has 0 unspecified atom stereocenters. The van der Waals surface area contributed by atoms with Crippen molar-refractivity contribution in [2.45, 2.75) is 0 Å². The lowest BCUT2D eigenvalue weighted by Gasteiger charge is -2.13. The van der Waals surface area contributed by atoms with Gasteiger partial charge in [-0.25, -0.2) is 0 Å². The third-order valence-electron chi connectivity index (χ3n) is 6.37. The minimum atomic E-state index is -0.316. The minimum Gasteiger partial charge on any atom is -0.490 e. The molecule has 0 radical (unpaired) electrons. The van der Waals surface area contributed by atoms with Crippen LogP contribution in [0.1, 0.15) is 20.7 Å². The van der Waals surface area contributed by atoms with Gasteiger partial charge in [-0.2, -0.15) is 0 Å². The molecular weight excluding hydrogens is 556 g/mol. The van der Waals surface area contributed by atoms with Crippen LogP contribution in [0.3, 0.4) is 0 Å². The van der Waals surface area contributed by atoms with E-state index in [1.807, 2.05) is 72.8 Å². The zero-order valence-electron chi connectivity index (χ0n) is 24.0. The number of ether oxygens (including phenoxy) is 4. The summed E-state index contributed by atoms with van der Waals surface area (Å²) < 4.78 is 23.0. The summed E-state index contributed by atoms with van der Waals surface area (Å²) in [6.45, 7) is 1.24. The lowest BCUT2D eigenvalue weighted by molar-refractivity contribution is 0.101. The van der Waals surface area contributed by atoms with Crippen LogP contribution in [0.25, 0.3) is 0 Å². The number of benzene rings is 5. The highest BCUT2D eigenvalue weighted by molar-refractivity contribution is 6.07. The lowest BCUT2D eigenvalue weighted by atomic mass is 10.1. The summed E-state index contributed by atoms with van der Waals surface area (Å²) in [5.74, 6) is 1.79. The predicted molar refractivity (Wildman–Crippen MR) is 170 cm³/mol. The molecule has 44 heavy (non-hydrogen) atoms. The molecule has 0 aliphatic heterocycles. The first kappa shape index (κ1) is 29.7. The molecule has 0 fully saturated rings. The van der Waals surface area contributed by atoms with E-state index in [1.165, 1.54) is 0 Å². The standard InChI is InChI=1S/C36H32N2O6/c39-35(31-15-7-9-17-33(31)43-25-23-41-29-11-3-1-4-12-29)37-27-19-21-28(22-20-27)38-36(40)32-16-8-10-18-34(32)44-26-24-42-30-13-5-2-6-14-30/h1-22H,23-26H2,(H,37,39)(H,38,40). The number of amides is 2. The molecule has 222 valence electrons. The highest BCUT2D eigenvalue weighted by atomic mass is 16.5. The number of rotatable bonds is 14. The maximum atomic E-state index is 13.0. The van der Waals surface area contributed by atoms with Crippen LogP contribution < -0.4 is 29.6 Å². The first-order valence-electron chi connectivity index (χ1n) is 14.2. The van der Waals surface area contributed by atoms with Crippen LogP contribution in [0.15, 0.2) is 133 Å². The molecule has 0 bridgehead atoms. The number of para-hydroxylation sites is 4. The molecule has 5 rings (SSSR count). The molecular formula is C36H32N2O6. The molecule has 2 N–H and O–H groups in total. The number of hydrogen-bond acceptors (Lipinski definition) is 6. The summed E-state index contributed by atoms with van der Waals surface area (Å²) in [6, 6.07) is 39.8. The SMILES string of the molecule is O=C(Nc1ccc(NC(=O)c2ccccc2OCCOc2ccccc2)cc1)c1ccccc1OCCOc1ccccc1. The Morgan fingerprint density at radius 3 is 1.16 bits per heavy atom. The fourth-order valence-corrected chi connectivity index (χ4v) is 4.25. The molecule has 0 saturated heterocycles. The average Bonchev–Trinajstić information content (AvgIpc) is 3.07. The van der Waals surface area contributed by atoms with Gasteiger partial charge in [-0.3, -0.25) is 9.59 Å². The first-order valence-corrected chi connectivity index (χ1v) is 14.2. The van der Waals surface area contributed by atoms with E-state index in [2.05, 4.69) is 10.6 Å². The van der Waals surface area contributed by atoms with Crippen molar-refractivity contribution in [3.8, 4) is 23.0 Å². The molecule has 0 aliphatic rings. The maximum Gasteiger partial charge on any atom is 0.259 e. The van der Waals surface area contributed by atoms with Gasteiger partial charge in [0.1, 0.15) is 49.4 Å². The number of anilines is 2. The van der Waals surface area contributed by atoms with E-state index in [-0.39, 0.29) is 25.0 Å². The number of nitrogens with one attached hydrogen (secondary N) is 2. The summed E-state index contributed by atoms with van der Waals surface area (Å²) in [5, 5.41) is 5.76. The largest absolute Gasteiger partial charge is 0.490 e. The van der Waals surface area contributed by atoms with Crippen LogP contribution in [0.4, 0.5) is 11.4 Å². The van der Waals surface area contributed by atoms with Crippen molar-refractivity contribution in [1.82, 2.24) is 0 Å². The summed E-state index contributed by atoms with van der Waals surface area (Å²) in [4.78, 5) is 26.1. The number of carbonyl (C=O) groups excluding carboxylic acids is 2. The Morgan fingerprint density at radius 2 is 0.750 bits per heavy atom.